The number of fused-ring (bicyclic) bond motifs is 1. The zero-order valence-corrected chi connectivity index (χ0v) is 12.1. The molecule has 0 aliphatic carbocycles. The van der Waals surface area contributed by atoms with Crippen LogP contribution < -0.4 is 10.1 Å². The van der Waals surface area contributed by atoms with Gasteiger partial charge in [0, 0.05) is 31.3 Å². The summed E-state index contributed by atoms with van der Waals surface area (Å²) in [7, 11) is 0. The van der Waals surface area contributed by atoms with Crippen molar-refractivity contribution in [1.29, 1.82) is 0 Å². The third kappa shape index (κ3) is 3.22. The Morgan fingerprint density at radius 1 is 1.38 bits per heavy atom. The number of hydrogen-bond acceptors (Lipinski definition) is 3. The van der Waals surface area contributed by atoms with E-state index in [2.05, 4.69) is 23.3 Å². The first-order valence-electron chi connectivity index (χ1n) is 7.35. The van der Waals surface area contributed by atoms with Crippen LogP contribution in [0.2, 0.25) is 0 Å². The third-order valence-corrected chi connectivity index (χ3v) is 3.79. The molecule has 0 spiro atoms. The normalized spacial score (nSPS) is 16.6. The Morgan fingerprint density at radius 3 is 3.14 bits per heavy atom. The summed E-state index contributed by atoms with van der Waals surface area (Å²) in [6, 6.07) is 8.78. The molecule has 1 N–H and O–H groups in total. The van der Waals surface area contributed by atoms with Crippen LogP contribution in [0, 0.1) is 5.82 Å². The van der Waals surface area contributed by atoms with Crippen LogP contribution in [-0.2, 0) is 19.4 Å². The predicted molar refractivity (Wildman–Crippen MR) is 79.8 cm³/mol. The van der Waals surface area contributed by atoms with Gasteiger partial charge in [-0.2, -0.15) is 0 Å². The van der Waals surface area contributed by atoms with Crippen LogP contribution in [0.5, 0.6) is 5.75 Å². The van der Waals surface area contributed by atoms with Gasteiger partial charge in [0.05, 0.1) is 5.69 Å². The Balaban J connectivity index is 1.53. The molecule has 3 rings (SSSR count). The molecular formula is C17H19FN2O. The summed E-state index contributed by atoms with van der Waals surface area (Å²) in [5.74, 6) is 0.599. The lowest BCUT2D eigenvalue weighted by molar-refractivity contribution is 0.227. The van der Waals surface area contributed by atoms with Crippen molar-refractivity contribution in [3.8, 4) is 5.75 Å². The van der Waals surface area contributed by atoms with E-state index in [9.17, 15) is 4.39 Å². The lowest BCUT2D eigenvalue weighted by atomic mass is 10.1. The average molecular weight is 286 g/mol. The number of pyridine rings is 1. The van der Waals surface area contributed by atoms with Gasteiger partial charge in [-0.25, -0.2) is 4.39 Å². The lowest BCUT2D eigenvalue weighted by Crippen LogP contribution is -2.30. The van der Waals surface area contributed by atoms with Crippen LogP contribution in [0.4, 0.5) is 4.39 Å². The molecule has 1 atom stereocenters. The molecule has 0 fully saturated rings. The van der Waals surface area contributed by atoms with E-state index in [0.29, 0.717) is 0 Å². The Labute approximate surface area is 124 Å². The van der Waals surface area contributed by atoms with Crippen molar-refractivity contribution in [2.45, 2.75) is 32.4 Å². The molecule has 1 unspecified atom stereocenters. The molecule has 21 heavy (non-hydrogen) atoms. The molecule has 4 heteroatoms. The molecule has 0 amide bonds. The van der Waals surface area contributed by atoms with Crippen molar-refractivity contribution in [2.24, 2.45) is 0 Å². The summed E-state index contributed by atoms with van der Waals surface area (Å²) in [5, 5.41) is 3.39. The summed E-state index contributed by atoms with van der Waals surface area (Å²) in [4.78, 5) is 4.41. The molecule has 2 aromatic rings. The first-order valence-corrected chi connectivity index (χ1v) is 7.35. The van der Waals surface area contributed by atoms with Crippen molar-refractivity contribution >= 4 is 0 Å². The van der Waals surface area contributed by atoms with Gasteiger partial charge >= 0.3 is 0 Å². The minimum atomic E-state index is -0.202. The fourth-order valence-corrected chi connectivity index (χ4v) is 2.71. The van der Waals surface area contributed by atoms with Crippen LogP contribution in [0.25, 0.3) is 0 Å². The van der Waals surface area contributed by atoms with E-state index in [1.807, 2.05) is 12.3 Å². The quantitative estimate of drug-likeness (QED) is 0.917. The number of benzene rings is 1. The second kappa shape index (κ2) is 6.22. The Bertz CT molecular complexity index is 630. The van der Waals surface area contributed by atoms with Crippen molar-refractivity contribution in [1.82, 2.24) is 10.3 Å². The van der Waals surface area contributed by atoms with E-state index in [4.69, 9.17) is 4.74 Å². The van der Waals surface area contributed by atoms with Crippen LogP contribution in [0.15, 0.2) is 36.5 Å². The second-order valence-corrected chi connectivity index (χ2v) is 5.29. The number of rotatable bonds is 5. The summed E-state index contributed by atoms with van der Waals surface area (Å²) in [5.41, 5.74) is 3.30. The molecule has 110 valence electrons. The molecule has 1 aromatic carbocycles. The highest BCUT2D eigenvalue weighted by Crippen LogP contribution is 2.28. The minimum Gasteiger partial charge on any atom is -0.488 e. The molecule has 0 bridgehead atoms. The maximum Gasteiger partial charge on any atom is 0.123 e. The highest BCUT2D eigenvalue weighted by molar-refractivity contribution is 5.37. The number of halogens is 1. The van der Waals surface area contributed by atoms with Gasteiger partial charge in [0.15, 0.2) is 0 Å². The van der Waals surface area contributed by atoms with Crippen LogP contribution in [-0.4, -0.2) is 17.6 Å². The SMILES string of the molecule is CCc1cccnc1CNCC1Cc2cc(F)ccc2O1. The van der Waals surface area contributed by atoms with Crippen LogP contribution in [0.1, 0.15) is 23.7 Å². The Kier molecular flexibility index (Phi) is 4.15. The highest BCUT2D eigenvalue weighted by atomic mass is 19.1. The number of ether oxygens (including phenoxy) is 1. The van der Waals surface area contributed by atoms with E-state index in [0.717, 1.165) is 42.9 Å². The Hall–Kier alpha value is -1.94. The first kappa shape index (κ1) is 14.0. The zero-order chi connectivity index (χ0) is 14.7. The molecule has 1 aliphatic heterocycles. The maximum atomic E-state index is 13.2. The predicted octanol–water partition coefficient (Wildman–Crippen LogP) is 2.88. The fourth-order valence-electron chi connectivity index (χ4n) is 2.71. The smallest absolute Gasteiger partial charge is 0.123 e. The van der Waals surface area contributed by atoms with Gasteiger partial charge in [-0.3, -0.25) is 4.98 Å². The van der Waals surface area contributed by atoms with Gasteiger partial charge in [0.25, 0.3) is 0 Å². The summed E-state index contributed by atoms with van der Waals surface area (Å²) in [6.07, 6.45) is 3.62. The number of aromatic nitrogens is 1. The topological polar surface area (TPSA) is 34.2 Å². The lowest BCUT2D eigenvalue weighted by Gasteiger charge is -2.13. The molecule has 0 saturated carbocycles. The van der Waals surface area contributed by atoms with Gasteiger partial charge in [0.1, 0.15) is 17.7 Å². The van der Waals surface area contributed by atoms with E-state index in [-0.39, 0.29) is 11.9 Å². The standard InChI is InChI=1S/C17H19FN2O/c1-2-12-4-3-7-20-16(12)11-19-10-15-9-13-8-14(18)5-6-17(13)21-15/h3-8,15,19H,2,9-11H2,1H3. The van der Waals surface area contributed by atoms with Crippen LogP contribution >= 0.6 is 0 Å². The summed E-state index contributed by atoms with van der Waals surface area (Å²) < 4.78 is 19.0. The summed E-state index contributed by atoms with van der Waals surface area (Å²) in [6.45, 7) is 3.59. The van der Waals surface area contributed by atoms with Crippen LogP contribution in [0.3, 0.4) is 0 Å². The monoisotopic (exact) mass is 286 g/mol. The van der Waals surface area contributed by atoms with Crippen molar-refractivity contribution < 1.29 is 9.13 Å². The highest BCUT2D eigenvalue weighted by Gasteiger charge is 2.22. The van der Waals surface area contributed by atoms with Gasteiger partial charge in [-0.1, -0.05) is 13.0 Å². The van der Waals surface area contributed by atoms with Crippen molar-refractivity contribution in [2.75, 3.05) is 6.54 Å². The van der Waals surface area contributed by atoms with Gasteiger partial charge < -0.3 is 10.1 Å². The van der Waals surface area contributed by atoms with E-state index < -0.39 is 0 Å². The number of hydrogen-bond donors (Lipinski definition) is 1. The molecule has 2 heterocycles. The fraction of sp³-hybridized carbons (Fsp3) is 0.353. The molecule has 0 radical (unpaired) electrons. The molecular weight excluding hydrogens is 267 g/mol. The third-order valence-electron chi connectivity index (χ3n) is 3.79. The zero-order valence-electron chi connectivity index (χ0n) is 12.1. The van der Waals surface area contributed by atoms with Crippen molar-refractivity contribution in [3.63, 3.8) is 0 Å². The first-order chi connectivity index (χ1) is 10.3. The number of aryl methyl sites for hydroxylation is 1. The van der Waals surface area contributed by atoms with Crippen molar-refractivity contribution in [3.05, 3.63) is 59.2 Å². The molecule has 1 aromatic heterocycles. The van der Waals surface area contributed by atoms with E-state index in [1.54, 1.807) is 12.1 Å². The minimum absolute atomic E-state index is 0.0654. The maximum absolute atomic E-state index is 13.2. The summed E-state index contributed by atoms with van der Waals surface area (Å²) >= 11 is 0. The van der Waals surface area contributed by atoms with E-state index >= 15 is 0 Å². The molecule has 1 aliphatic rings. The average Bonchev–Trinajstić information content (AvgIpc) is 2.89. The van der Waals surface area contributed by atoms with E-state index in [1.165, 1.54) is 11.6 Å². The Morgan fingerprint density at radius 2 is 2.29 bits per heavy atom. The molecule has 0 saturated heterocycles. The largest absolute Gasteiger partial charge is 0.488 e. The van der Waals surface area contributed by atoms with Gasteiger partial charge in [0.2, 0.25) is 0 Å². The van der Waals surface area contributed by atoms with Gasteiger partial charge in [-0.05, 0) is 36.2 Å². The second-order valence-electron chi connectivity index (χ2n) is 5.29. The number of nitrogens with one attached hydrogen (secondary N) is 1. The molecule has 3 nitrogen and oxygen atoms in total. The number of nitrogens with zero attached hydrogens (tertiary/aromatic N) is 1. The van der Waals surface area contributed by atoms with Gasteiger partial charge in [-0.15, -0.1) is 0 Å².